The van der Waals surface area contributed by atoms with Crippen molar-refractivity contribution in [2.24, 2.45) is 5.92 Å². The Morgan fingerprint density at radius 1 is 1.56 bits per heavy atom. The zero-order valence-electron chi connectivity index (χ0n) is 9.35. The van der Waals surface area contributed by atoms with Crippen LogP contribution in [0.4, 0.5) is 5.69 Å². The molecule has 0 aromatic heterocycles. The van der Waals surface area contributed by atoms with E-state index in [0.717, 1.165) is 12.0 Å². The minimum Gasteiger partial charge on any atom is -0.497 e. The molecule has 1 heterocycles. The molecule has 1 aliphatic rings. The molecule has 3 N–H and O–H groups in total. The van der Waals surface area contributed by atoms with E-state index in [1.165, 1.54) is 0 Å². The van der Waals surface area contributed by atoms with Gasteiger partial charge in [-0.25, -0.2) is 0 Å². The van der Waals surface area contributed by atoms with E-state index in [4.69, 9.17) is 15.2 Å². The monoisotopic (exact) mass is 223 g/mol. The van der Waals surface area contributed by atoms with E-state index in [-0.39, 0.29) is 5.92 Å². The zero-order valence-corrected chi connectivity index (χ0v) is 9.35. The fourth-order valence-corrected chi connectivity index (χ4v) is 1.99. The van der Waals surface area contributed by atoms with Gasteiger partial charge >= 0.3 is 0 Å². The molecule has 0 saturated carbocycles. The lowest BCUT2D eigenvalue weighted by Gasteiger charge is -2.19. The minimum atomic E-state index is -0.572. The van der Waals surface area contributed by atoms with Gasteiger partial charge in [0.1, 0.15) is 5.75 Å². The van der Waals surface area contributed by atoms with Crippen LogP contribution in [0, 0.1) is 5.92 Å². The molecule has 4 heteroatoms. The molecule has 0 radical (unpaired) electrons. The standard InChI is InChI=1S/C12H17NO3/c1-15-9-2-3-11(13)10(6-9)12(14)8-4-5-16-7-8/h2-3,6,8,12,14H,4-5,7,13H2,1H3. The summed E-state index contributed by atoms with van der Waals surface area (Å²) in [6, 6.07) is 5.34. The molecule has 0 aliphatic carbocycles. The van der Waals surface area contributed by atoms with Crippen LogP contribution >= 0.6 is 0 Å². The van der Waals surface area contributed by atoms with Gasteiger partial charge in [0.15, 0.2) is 0 Å². The van der Waals surface area contributed by atoms with E-state index >= 15 is 0 Å². The summed E-state index contributed by atoms with van der Waals surface area (Å²) in [4.78, 5) is 0. The Morgan fingerprint density at radius 2 is 2.38 bits per heavy atom. The molecule has 1 aliphatic heterocycles. The number of nitrogen functional groups attached to an aromatic ring is 1. The molecule has 1 fully saturated rings. The highest BCUT2D eigenvalue weighted by Crippen LogP contribution is 2.33. The van der Waals surface area contributed by atoms with Crippen molar-refractivity contribution in [1.82, 2.24) is 0 Å². The first-order chi connectivity index (χ1) is 7.72. The topological polar surface area (TPSA) is 64.7 Å². The van der Waals surface area contributed by atoms with Gasteiger partial charge < -0.3 is 20.3 Å². The zero-order chi connectivity index (χ0) is 11.5. The van der Waals surface area contributed by atoms with Crippen molar-refractivity contribution < 1.29 is 14.6 Å². The lowest BCUT2D eigenvalue weighted by molar-refractivity contribution is 0.0922. The van der Waals surface area contributed by atoms with E-state index in [9.17, 15) is 5.11 Å². The summed E-state index contributed by atoms with van der Waals surface area (Å²) in [6.07, 6.45) is 0.301. The Labute approximate surface area is 95.0 Å². The van der Waals surface area contributed by atoms with Gasteiger partial charge in [0.25, 0.3) is 0 Å². The van der Waals surface area contributed by atoms with E-state index < -0.39 is 6.10 Å². The summed E-state index contributed by atoms with van der Waals surface area (Å²) in [5.74, 6) is 0.844. The quantitative estimate of drug-likeness (QED) is 0.759. The van der Waals surface area contributed by atoms with Gasteiger partial charge in [0.2, 0.25) is 0 Å². The van der Waals surface area contributed by atoms with Crippen LogP contribution in [-0.4, -0.2) is 25.4 Å². The van der Waals surface area contributed by atoms with E-state index in [2.05, 4.69) is 0 Å². The molecule has 2 atom stereocenters. The number of aliphatic hydroxyl groups is 1. The highest BCUT2D eigenvalue weighted by atomic mass is 16.5. The van der Waals surface area contributed by atoms with Crippen molar-refractivity contribution in [2.75, 3.05) is 26.1 Å². The number of hydrogen-bond acceptors (Lipinski definition) is 4. The van der Waals surface area contributed by atoms with Crippen molar-refractivity contribution >= 4 is 5.69 Å². The number of benzene rings is 1. The predicted molar refractivity (Wildman–Crippen MR) is 61.3 cm³/mol. The second-order valence-corrected chi connectivity index (χ2v) is 4.06. The largest absolute Gasteiger partial charge is 0.497 e. The smallest absolute Gasteiger partial charge is 0.119 e. The van der Waals surface area contributed by atoms with Crippen LogP contribution in [0.15, 0.2) is 18.2 Å². The van der Waals surface area contributed by atoms with Crippen LogP contribution in [0.1, 0.15) is 18.1 Å². The molecule has 2 unspecified atom stereocenters. The number of nitrogens with two attached hydrogens (primary N) is 1. The van der Waals surface area contributed by atoms with Gasteiger partial charge in [0, 0.05) is 23.8 Å². The fourth-order valence-electron chi connectivity index (χ4n) is 1.99. The molecule has 1 aromatic carbocycles. The summed E-state index contributed by atoms with van der Waals surface area (Å²) in [7, 11) is 1.60. The molecule has 4 nitrogen and oxygen atoms in total. The maximum absolute atomic E-state index is 10.2. The Morgan fingerprint density at radius 3 is 3.00 bits per heavy atom. The van der Waals surface area contributed by atoms with E-state index in [1.807, 2.05) is 0 Å². The lowest BCUT2D eigenvalue weighted by Crippen LogP contribution is -2.14. The van der Waals surface area contributed by atoms with Crippen LogP contribution in [-0.2, 0) is 4.74 Å². The van der Waals surface area contributed by atoms with E-state index in [1.54, 1.807) is 25.3 Å². The third-order valence-electron chi connectivity index (χ3n) is 3.02. The Bertz CT molecular complexity index is 361. The van der Waals surface area contributed by atoms with Gasteiger partial charge in [-0.1, -0.05) is 0 Å². The minimum absolute atomic E-state index is 0.134. The van der Waals surface area contributed by atoms with Gasteiger partial charge in [-0.15, -0.1) is 0 Å². The molecule has 0 spiro atoms. The molecule has 1 aromatic rings. The maximum atomic E-state index is 10.2. The molecular weight excluding hydrogens is 206 g/mol. The molecule has 16 heavy (non-hydrogen) atoms. The van der Waals surface area contributed by atoms with Crippen molar-refractivity contribution in [3.05, 3.63) is 23.8 Å². The van der Waals surface area contributed by atoms with Crippen LogP contribution in [0.5, 0.6) is 5.75 Å². The molecule has 0 bridgehead atoms. The third kappa shape index (κ3) is 2.13. The summed E-state index contributed by atoms with van der Waals surface area (Å²) >= 11 is 0. The first kappa shape index (κ1) is 11.2. The van der Waals surface area contributed by atoms with Crippen molar-refractivity contribution in [2.45, 2.75) is 12.5 Å². The Balaban J connectivity index is 2.23. The number of rotatable bonds is 3. The number of ether oxygens (including phenoxy) is 2. The number of aliphatic hydroxyl groups excluding tert-OH is 1. The van der Waals surface area contributed by atoms with Gasteiger partial charge in [0.05, 0.1) is 19.8 Å². The summed E-state index contributed by atoms with van der Waals surface area (Å²) < 4.78 is 10.4. The second kappa shape index (κ2) is 4.72. The summed E-state index contributed by atoms with van der Waals surface area (Å²) in [6.45, 7) is 1.31. The fraction of sp³-hybridized carbons (Fsp3) is 0.500. The first-order valence-corrected chi connectivity index (χ1v) is 5.41. The van der Waals surface area contributed by atoms with Gasteiger partial charge in [-0.3, -0.25) is 0 Å². The van der Waals surface area contributed by atoms with Crippen LogP contribution in [0.25, 0.3) is 0 Å². The van der Waals surface area contributed by atoms with E-state index in [0.29, 0.717) is 24.7 Å². The number of hydrogen-bond donors (Lipinski definition) is 2. The van der Waals surface area contributed by atoms with Crippen molar-refractivity contribution in [3.63, 3.8) is 0 Å². The van der Waals surface area contributed by atoms with Crippen molar-refractivity contribution in [1.29, 1.82) is 0 Å². The normalized spacial score (nSPS) is 22.0. The average molecular weight is 223 g/mol. The molecule has 2 rings (SSSR count). The lowest BCUT2D eigenvalue weighted by atomic mass is 9.94. The van der Waals surface area contributed by atoms with Gasteiger partial charge in [-0.05, 0) is 24.6 Å². The Hall–Kier alpha value is -1.26. The molecule has 88 valence electrons. The second-order valence-electron chi connectivity index (χ2n) is 4.06. The maximum Gasteiger partial charge on any atom is 0.119 e. The SMILES string of the molecule is COc1ccc(N)c(C(O)C2CCOC2)c1. The highest BCUT2D eigenvalue weighted by Gasteiger charge is 2.26. The average Bonchev–Trinajstić information content (AvgIpc) is 2.82. The molecule has 0 amide bonds. The van der Waals surface area contributed by atoms with Gasteiger partial charge in [-0.2, -0.15) is 0 Å². The van der Waals surface area contributed by atoms with Crippen molar-refractivity contribution in [3.8, 4) is 5.75 Å². The summed E-state index contributed by atoms with van der Waals surface area (Å²) in [5, 5.41) is 10.2. The van der Waals surface area contributed by atoms with Crippen LogP contribution in [0.2, 0.25) is 0 Å². The Kier molecular flexibility index (Phi) is 3.31. The third-order valence-corrected chi connectivity index (χ3v) is 3.02. The number of anilines is 1. The summed E-state index contributed by atoms with van der Waals surface area (Å²) in [5.41, 5.74) is 7.19. The molecule has 1 saturated heterocycles. The van der Waals surface area contributed by atoms with Crippen LogP contribution < -0.4 is 10.5 Å². The predicted octanol–water partition coefficient (Wildman–Crippen LogP) is 1.35. The molecular formula is C12H17NO3. The highest BCUT2D eigenvalue weighted by molar-refractivity contribution is 5.51. The van der Waals surface area contributed by atoms with Crippen LogP contribution in [0.3, 0.4) is 0 Å². The first-order valence-electron chi connectivity index (χ1n) is 5.41. The number of methoxy groups -OCH3 is 1.